The maximum atomic E-state index is 13.1. The quantitative estimate of drug-likeness (QED) is 0.679. The highest BCUT2D eigenvalue weighted by atomic mass is 32.1. The second kappa shape index (κ2) is 8.71. The normalized spacial score (nSPS) is 14.8. The Balaban J connectivity index is 1.30. The van der Waals surface area contributed by atoms with E-state index in [-0.39, 0.29) is 11.7 Å². The molecule has 0 saturated carbocycles. The Kier molecular flexibility index (Phi) is 5.87. The number of nitrogens with one attached hydrogen (secondary N) is 2. The van der Waals surface area contributed by atoms with E-state index in [1.165, 1.54) is 17.0 Å². The zero-order valence-corrected chi connectivity index (χ0v) is 17.1. The standard InChI is InChI=1S/C22H23FN4OS/c1-16-4-2-3-5-19(16)24-21(28)14-26-10-12-27(13-11-26)22-25-20(15-29-22)17-6-8-18(23)9-7-17/h2-9,15H,10-14H2,1H3,(H,24,28)/p+1. The summed E-state index contributed by atoms with van der Waals surface area (Å²) in [7, 11) is 0. The summed E-state index contributed by atoms with van der Waals surface area (Å²) in [6.07, 6.45) is 0. The first-order chi connectivity index (χ1) is 14.1. The van der Waals surface area contributed by atoms with Crippen molar-refractivity contribution in [2.75, 3.05) is 42.9 Å². The number of piperazine rings is 1. The van der Waals surface area contributed by atoms with Gasteiger partial charge in [-0.3, -0.25) is 4.79 Å². The average Bonchev–Trinajstić information content (AvgIpc) is 3.21. The lowest BCUT2D eigenvalue weighted by Crippen LogP contribution is -3.15. The molecule has 150 valence electrons. The lowest BCUT2D eigenvalue weighted by molar-refractivity contribution is -0.892. The largest absolute Gasteiger partial charge is 0.337 e. The van der Waals surface area contributed by atoms with E-state index >= 15 is 0 Å². The number of benzene rings is 2. The minimum Gasteiger partial charge on any atom is -0.337 e. The molecule has 0 bridgehead atoms. The number of halogens is 1. The molecule has 1 amide bonds. The van der Waals surface area contributed by atoms with Gasteiger partial charge in [0.25, 0.3) is 5.91 Å². The number of rotatable bonds is 5. The van der Waals surface area contributed by atoms with Gasteiger partial charge in [-0.25, -0.2) is 9.37 Å². The molecule has 2 aromatic carbocycles. The third-order valence-electron chi connectivity index (χ3n) is 5.20. The van der Waals surface area contributed by atoms with Crippen LogP contribution in [0.15, 0.2) is 53.9 Å². The van der Waals surface area contributed by atoms with Crippen LogP contribution in [-0.4, -0.2) is 43.6 Å². The highest BCUT2D eigenvalue weighted by molar-refractivity contribution is 7.14. The molecule has 1 aliphatic rings. The van der Waals surface area contributed by atoms with Gasteiger partial charge in [0, 0.05) is 16.6 Å². The Morgan fingerprint density at radius 1 is 1.17 bits per heavy atom. The molecule has 3 aromatic rings. The zero-order valence-electron chi connectivity index (χ0n) is 16.3. The monoisotopic (exact) mass is 411 g/mol. The molecule has 1 aromatic heterocycles. The average molecular weight is 412 g/mol. The van der Waals surface area contributed by atoms with E-state index in [1.54, 1.807) is 23.5 Å². The van der Waals surface area contributed by atoms with Crippen molar-refractivity contribution in [2.24, 2.45) is 0 Å². The van der Waals surface area contributed by atoms with Crippen LogP contribution in [0.1, 0.15) is 5.56 Å². The number of quaternary nitrogens is 1. The van der Waals surface area contributed by atoms with E-state index in [1.807, 2.05) is 36.6 Å². The van der Waals surface area contributed by atoms with Crippen molar-refractivity contribution in [2.45, 2.75) is 6.92 Å². The maximum Gasteiger partial charge on any atom is 0.279 e. The van der Waals surface area contributed by atoms with E-state index in [2.05, 4.69) is 10.2 Å². The van der Waals surface area contributed by atoms with Crippen LogP contribution in [0.25, 0.3) is 11.3 Å². The lowest BCUT2D eigenvalue weighted by Gasteiger charge is -2.31. The van der Waals surface area contributed by atoms with Gasteiger partial charge in [0.05, 0.1) is 31.9 Å². The fourth-order valence-electron chi connectivity index (χ4n) is 3.49. The molecule has 1 aliphatic heterocycles. The van der Waals surface area contributed by atoms with Gasteiger partial charge >= 0.3 is 0 Å². The first kappa shape index (κ1) is 19.5. The van der Waals surface area contributed by atoms with E-state index in [4.69, 9.17) is 4.98 Å². The van der Waals surface area contributed by atoms with Crippen LogP contribution in [0.3, 0.4) is 0 Å². The number of carbonyl (C=O) groups excluding carboxylic acids is 1. The van der Waals surface area contributed by atoms with E-state index in [0.29, 0.717) is 6.54 Å². The molecule has 5 nitrogen and oxygen atoms in total. The van der Waals surface area contributed by atoms with E-state index < -0.39 is 0 Å². The summed E-state index contributed by atoms with van der Waals surface area (Å²) in [4.78, 5) is 20.6. The minimum absolute atomic E-state index is 0.0515. The van der Waals surface area contributed by atoms with Crippen molar-refractivity contribution in [3.63, 3.8) is 0 Å². The third kappa shape index (κ3) is 4.81. The summed E-state index contributed by atoms with van der Waals surface area (Å²) in [6, 6.07) is 14.2. The van der Waals surface area contributed by atoms with Gasteiger partial charge in [-0.15, -0.1) is 11.3 Å². The maximum absolute atomic E-state index is 13.1. The Bertz CT molecular complexity index is 980. The first-order valence-electron chi connectivity index (χ1n) is 9.74. The molecular formula is C22H24FN4OS+. The van der Waals surface area contributed by atoms with Gasteiger partial charge in [-0.1, -0.05) is 18.2 Å². The number of carbonyl (C=O) groups is 1. The topological polar surface area (TPSA) is 49.7 Å². The molecule has 2 N–H and O–H groups in total. The van der Waals surface area contributed by atoms with Crippen LogP contribution in [0.5, 0.6) is 0 Å². The number of para-hydroxylation sites is 1. The third-order valence-corrected chi connectivity index (χ3v) is 6.10. The van der Waals surface area contributed by atoms with Crippen LogP contribution in [0.2, 0.25) is 0 Å². The van der Waals surface area contributed by atoms with Crippen LogP contribution >= 0.6 is 11.3 Å². The Labute approximate surface area is 173 Å². The fourth-order valence-corrected chi connectivity index (χ4v) is 4.38. The number of anilines is 2. The van der Waals surface area contributed by atoms with Gasteiger partial charge in [0.2, 0.25) is 0 Å². The van der Waals surface area contributed by atoms with Gasteiger partial charge in [-0.2, -0.15) is 0 Å². The van der Waals surface area contributed by atoms with Crippen LogP contribution in [0.4, 0.5) is 15.2 Å². The molecular weight excluding hydrogens is 387 g/mol. The molecule has 0 unspecified atom stereocenters. The number of aromatic nitrogens is 1. The predicted octanol–water partition coefficient (Wildman–Crippen LogP) is 2.60. The molecule has 1 saturated heterocycles. The highest BCUT2D eigenvalue weighted by Gasteiger charge is 2.24. The van der Waals surface area contributed by atoms with Gasteiger partial charge in [-0.05, 0) is 42.8 Å². The molecule has 1 fully saturated rings. The fraction of sp³-hybridized carbons (Fsp3) is 0.273. The summed E-state index contributed by atoms with van der Waals surface area (Å²) in [6.45, 7) is 5.99. The molecule has 0 spiro atoms. The number of amides is 1. The van der Waals surface area contributed by atoms with Gasteiger partial charge in [0.1, 0.15) is 5.82 Å². The van der Waals surface area contributed by atoms with Crippen LogP contribution < -0.4 is 15.1 Å². The number of aryl methyl sites for hydroxylation is 1. The first-order valence-corrected chi connectivity index (χ1v) is 10.6. The highest BCUT2D eigenvalue weighted by Crippen LogP contribution is 2.27. The number of thiazole rings is 1. The van der Waals surface area contributed by atoms with Crippen molar-refractivity contribution < 1.29 is 14.1 Å². The minimum atomic E-state index is -0.241. The van der Waals surface area contributed by atoms with E-state index in [9.17, 15) is 9.18 Å². The summed E-state index contributed by atoms with van der Waals surface area (Å²) in [5.41, 5.74) is 3.75. The Morgan fingerprint density at radius 3 is 2.62 bits per heavy atom. The predicted molar refractivity (Wildman–Crippen MR) is 115 cm³/mol. The molecule has 4 rings (SSSR count). The second-order valence-electron chi connectivity index (χ2n) is 7.30. The molecule has 29 heavy (non-hydrogen) atoms. The molecule has 2 heterocycles. The summed E-state index contributed by atoms with van der Waals surface area (Å²) in [5.74, 6) is -0.189. The Hall–Kier alpha value is -2.77. The summed E-state index contributed by atoms with van der Waals surface area (Å²) >= 11 is 1.61. The Morgan fingerprint density at radius 2 is 1.90 bits per heavy atom. The SMILES string of the molecule is Cc1ccccc1NC(=O)C[NH+]1CCN(c2nc(-c3ccc(F)cc3)cs2)CC1. The van der Waals surface area contributed by atoms with Crippen molar-refractivity contribution in [1.82, 2.24) is 4.98 Å². The molecule has 0 aliphatic carbocycles. The molecule has 0 atom stereocenters. The van der Waals surface area contributed by atoms with E-state index in [0.717, 1.165) is 53.8 Å². The van der Waals surface area contributed by atoms with Gasteiger partial charge in [0.15, 0.2) is 11.7 Å². The van der Waals surface area contributed by atoms with Crippen molar-refractivity contribution >= 4 is 28.1 Å². The van der Waals surface area contributed by atoms with Crippen molar-refractivity contribution in [1.29, 1.82) is 0 Å². The van der Waals surface area contributed by atoms with Crippen LogP contribution in [0, 0.1) is 12.7 Å². The van der Waals surface area contributed by atoms with Crippen LogP contribution in [-0.2, 0) is 4.79 Å². The summed E-state index contributed by atoms with van der Waals surface area (Å²) < 4.78 is 13.1. The van der Waals surface area contributed by atoms with Gasteiger partial charge < -0.3 is 15.1 Å². The second-order valence-corrected chi connectivity index (χ2v) is 8.14. The molecule has 7 heteroatoms. The number of nitrogens with zero attached hydrogens (tertiary/aromatic N) is 2. The molecule has 0 radical (unpaired) electrons. The number of hydrogen-bond donors (Lipinski definition) is 2. The number of hydrogen-bond acceptors (Lipinski definition) is 4. The van der Waals surface area contributed by atoms with Crippen molar-refractivity contribution in [3.8, 4) is 11.3 Å². The lowest BCUT2D eigenvalue weighted by atomic mass is 10.2. The zero-order chi connectivity index (χ0) is 20.2. The smallest absolute Gasteiger partial charge is 0.279 e. The summed E-state index contributed by atoms with van der Waals surface area (Å²) in [5, 5.41) is 6.01. The van der Waals surface area contributed by atoms with Crippen molar-refractivity contribution in [3.05, 3.63) is 65.3 Å².